The van der Waals surface area contributed by atoms with Gasteiger partial charge >= 0.3 is 6.03 Å². The van der Waals surface area contributed by atoms with Crippen molar-refractivity contribution in [3.05, 3.63) is 0 Å². The zero-order valence-electron chi connectivity index (χ0n) is 12.3. The van der Waals surface area contributed by atoms with E-state index in [4.69, 9.17) is 0 Å². The lowest BCUT2D eigenvalue weighted by atomic mass is 9.96. The van der Waals surface area contributed by atoms with Gasteiger partial charge in [-0.05, 0) is 39.2 Å². The number of nitrogens with zero attached hydrogens (tertiary/aromatic N) is 1. The van der Waals surface area contributed by atoms with Gasteiger partial charge in [0.25, 0.3) is 0 Å². The fraction of sp³-hybridized carbons (Fsp3) is 0.933. The highest BCUT2D eigenvalue weighted by atomic mass is 16.2. The second-order valence-electron chi connectivity index (χ2n) is 5.97. The molecule has 1 aliphatic carbocycles. The van der Waals surface area contributed by atoms with Crippen molar-refractivity contribution in [2.75, 3.05) is 19.6 Å². The van der Waals surface area contributed by atoms with Crippen molar-refractivity contribution in [1.29, 1.82) is 0 Å². The molecule has 2 rings (SSSR count). The normalized spacial score (nSPS) is 25.0. The Kier molecular flexibility index (Phi) is 5.95. The average molecular weight is 267 g/mol. The maximum Gasteiger partial charge on any atom is 0.317 e. The zero-order chi connectivity index (χ0) is 13.5. The van der Waals surface area contributed by atoms with Crippen LogP contribution in [0.2, 0.25) is 0 Å². The molecule has 19 heavy (non-hydrogen) atoms. The van der Waals surface area contributed by atoms with Gasteiger partial charge in [-0.15, -0.1) is 0 Å². The molecule has 4 heteroatoms. The van der Waals surface area contributed by atoms with Gasteiger partial charge in [0.15, 0.2) is 0 Å². The van der Waals surface area contributed by atoms with Crippen LogP contribution in [0.5, 0.6) is 0 Å². The summed E-state index contributed by atoms with van der Waals surface area (Å²) in [5.41, 5.74) is 0. The first-order valence-corrected chi connectivity index (χ1v) is 8.08. The number of amides is 2. The van der Waals surface area contributed by atoms with Crippen molar-refractivity contribution in [3.63, 3.8) is 0 Å². The molecule has 1 saturated carbocycles. The smallest absolute Gasteiger partial charge is 0.317 e. The summed E-state index contributed by atoms with van der Waals surface area (Å²) in [5.74, 6) is 0. The molecule has 1 saturated heterocycles. The van der Waals surface area contributed by atoms with Crippen LogP contribution in [0, 0.1) is 0 Å². The fourth-order valence-electron chi connectivity index (χ4n) is 3.21. The molecule has 2 amide bonds. The number of hydrogen-bond acceptors (Lipinski definition) is 2. The number of likely N-dealkylation sites (N-methyl/N-ethyl adjacent to an activating group) is 1. The summed E-state index contributed by atoms with van der Waals surface area (Å²) >= 11 is 0. The minimum absolute atomic E-state index is 0.141. The van der Waals surface area contributed by atoms with Crippen LogP contribution in [0.1, 0.15) is 58.3 Å². The largest absolute Gasteiger partial charge is 0.335 e. The fourth-order valence-corrected chi connectivity index (χ4v) is 3.21. The summed E-state index contributed by atoms with van der Waals surface area (Å²) < 4.78 is 0. The Balaban J connectivity index is 1.76. The van der Waals surface area contributed by atoms with E-state index in [1.54, 1.807) is 0 Å². The molecule has 4 nitrogen and oxygen atoms in total. The number of hydrogen-bond donors (Lipinski definition) is 2. The maximum absolute atomic E-state index is 12.3. The quantitative estimate of drug-likeness (QED) is 0.822. The van der Waals surface area contributed by atoms with E-state index in [0.29, 0.717) is 12.1 Å². The van der Waals surface area contributed by atoms with Gasteiger partial charge in [-0.25, -0.2) is 4.79 Å². The van der Waals surface area contributed by atoms with Crippen LogP contribution in [0.4, 0.5) is 4.79 Å². The van der Waals surface area contributed by atoms with Crippen molar-refractivity contribution in [2.45, 2.75) is 70.4 Å². The Morgan fingerprint density at radius 2 is 1.89 bits per heavy atom. The van der Waals surface area contributed by atoms with Gasteiger partial charge in [0.1, 0.15) is 0 Å². The average Bonchev–Trinajstić information content (AvgIpc) is 2.47. The zero-order valence-corrected chi connectivity index (χ0v) is 12.3. The molecule has 0 radical (unpaired) electrons. The third-order valence-corrected chi connectivity index (χ3v) is 4.45. The topological polar surface area (TPSA) is 44.4 Å². The number of carbonyl (C=O) groups excluding carboxylic acids is 1. The van der Waals surface area contributed by atoms with E-state index in [2.05, 4.69) is 17.6 Å². The molecule has 0 aromatic carbocycles. The molecule has 1 atom stereocenters. The van der Waals surface area contributed by atoms with Crippen molar-refractivity contribution in [1.82, 2.24) is 15.5 Å². The van der Waals surface area contributed by atoms with Crippen LogP contribution in [0.15, 0.2) is 0 Å². The summed E-state index contributed by atoms with van der Waals surface area (Å²) in [6, 6.07) is 1.04. The molecular weight excluding hydrogens is 238 g/mol. The van der Waals surface area contributed by atoms with E-state index in [-0.39, 0.29) is 6.03 Å². The minimum atomic E-state index is 0.141. The van der Waals surface area contributed by atoms with Crippen LogP contribution >= 0.6 is 0 Å². The Morgan fingerprint density at radius 3 is 2.53 bits per heavy atom. The van der Waals surface area contributed by atoms with Crippen LogP contribution in [-0.2, 0) is 0 Å². The minimum Gasteiger partial charge on any atom is -0.335 e. The molecule has 2 N–H and O–H groups in total. The first-order chi connectivity index (χ1) is 9.29. The third-order valence-electron chi connectivity index (χ3n) is 4.45. The molecule has 1 unspecified atom stereocenters. The van der Waals surface area contributed by atoms with Crippen LogP contribution < -0.4 is 10.6 Å². The lowest BCUT2D eigenvalue weighted by Gasteiger charge is -2.32. The lowest BCUT2D eigenvalue weighted by molar-refractivity contribution is 0.182. The van der Waals surface area contributed by atoms with Gasteiger partial charge in [-0.3, -0.25) is 0 Å². The molecule has 0 aromatic heterocycles. The van der Waals surface area contributed by atoms with Crippen LogP contribution in [0.3, 0.4) is 0 Å². The SMILES string of the molecule is CCN(CC1CCCCN1)C(=O)NC1CCCCC1. The number of piperidine rings is 1. The van der Waals surface area contributed by atoms with Gasteiger partial charge < -0.3 is 15.5 Å². The molecule has 0 spiro atoms. The molecular formula is C15H29N3O. The van der Waals surface area contributed by atoms with E-state index < -0.39 is 0 Å². The summed E-state index contributed by atoms with van der Waals surface area (Å²) in [5, 5.41) is 6.74. The summed E-state index contributed by atoms with van der Waals surface area (Å²) in [6.07, 6.45) is 9.94. The van der Waals surface area contributed by atoms with E-state index in [1.165, 1.54) is 38.5 Å². The Morgan fingerprint density at radius 1 is 1.16 bits per heavy atom. The monoisotopic (exact) mass is 267 g/mol. The highest BCUT2D eigenvalue weighted by Gasteiger charge is 2.22. The molecule has 1 heterocycles. The van der Waals surface area contributed by atoms with Crippen LogP contribution in [0.25, 0.3) is 0 Å². The van der Waals surface area contributed by atoms with Crippen molar-refractivity contribution in [3.8, 4) is 0 Å². The molecule has 0 bridgehead atoms. The Bertz CT molecular complexity index is 271. The van der Waals surface area contributed by atoms with E-state index >= 15 is 0 Å². The van der Waals surface area contributed by atoms with Crippen molar-refractivity contribution < 1.29 is 4.79 Å². The van der Waals surface area contributed by atoms with E-state index in [1.807, 2.05) is 4.90 Å². The number of carbonyl (C=O) groups is 1. The van der Waals surface area contributed by atoms with E-state index in [0.717, 1.165) is 32.5 Å². The Hall–Kier alpha value is -0.770. The van der Waals surface area contributed by atoms with Crippen LogP contribution in [-0.4, -0.2) is 42.6 Å². The van der Waals surface area contributed by atoms with Gasteiger partial charge in [-0.2, -0.15) is 0 Å². The highest BCUT2D eigenvalue weighted by molar-refractivity contribution is 5.74. The Labute approximate surface area is 117 Å². The van der Waals surface area contributed by atoms with Gasteiger partial charge in [0, 0.05) is 25.2 Å². The standard InChI is InChI=1S/C15H29N3O/c1-2-18(12-14-10-6-7-11-16-14)15(19)17-13-8-4-3-5-9-13/h13-14,16H,2-12H2,1H3,(H,17,19). The van der Waals surface area contributed by atoms with E-state index in [9.17, 15) is 4.79 Å². The predicted molar refractivity (Wildman–Crippen MR) is 78.3 cm³/mol. The molecule has 0 aromatic rings. The summed E-state index contributed by atoms with van der Waals surface area (Å²) in [4.78, 5) is 14.3. The highest BCUT2D eigenvalue weighted by Crippen LogP contribution is 2.17. The molecule has 110 valence electrons. The van der Waals surface area contributed by atoms with Gasteiger partial charge in [-0.1, -0.05) is 25.7 Å². The van der Waals surface area contributed by atoms with Gasteiger partial charge in [0.2, 0.25) is 0 Å². The number of urea groups is 1. The lowest BCUT2D eigenvalue weighted by Crippen LogP contribution is -2.51. The summed E-state index contributed by atoms with van der Waals surface area (Å²) in [7, 11) is 0. The second-order valence-corrected chi connectivity index (χ2v) is 5.97. The third kappa shape index (κ3) is 4.68. The second kappa shape index (κ2) is 7.73. The first kappa shape index (κ1) is 14.6. The van der Waals surface area contributed by atoms with Crippen molar-refractivity contribution in [2.24, 2.45) is 0 Å². The number of nitrogens with one attached hydrogen (secondary N) is 2. The van der Waals surface area contributed by atoms with Gasteiger partial charge in [0.05, 0.1) is 0 Å². The number of rotatable bonds is 4. The summed E-state index contributed by atoms with van der Waals surface area (Å²) in [6.45, 7) is 4.83. The first-order valence-electron chi connectivity index (χ1n) is 8.08. The van der Waals surface area contributed by atoms with Crippen molar-refractivity contribution >= 4 is 6.03 Å². The maximum atomic E-state index is 12.3. The predicted octanol–water partition coefficient (Wildman–Crippen LogP) is 2.49. The molecule has 2 fully saturated rings. The molecule has 1 aliphatic heterocycles. The molecule has 2 aliphatic rings.